The predicted octanol–water partition coefficient (Wildman–Crippen LogP) is 0.636. The van der Waals surface area contributed by atoms with E-state index >= 15 is 0 Å². The van der Waals surface area contributed by atoms with Crippen LogP contribution >= 0.6 is 0 Å². The maximum absolute atomic E-state index is 12.2. The van der Waals surface area contributed by atoms with Gasteiger partial charge in [-0.1, -0.05) is 13.0 Å². The Morgan fingerprint density at radius 3 is 2.18 bits per heavy atom. The summed E-state index contributed by atoms with van der Waals surface area (Å²) in [5.74, 6) is 0.00433. The van der Waals surface area contributed by atoms with Gasteiger partial charge in [0.05, 0.1) is 0 Å². The normalized spacial score (nSPS) is 20.9. The van der Waals surface area contributed by atoms with E-state index in [9.17, 15) is 14.4 Å². The van der Waals surface area contributed by atoms with E-state index in [1.54, 1.807) is 0 Å². The fourth-order valence-electron chi connectivity index (χ4n) is 2.93. The third-order valence-corrected chi connectivity index (χ3v) is 4.30. The summed E-state index contributed by atoms with van der Waals surface area (Å²) in [4.78, 5) is 40.8. The van der Waals surface area contributed by atoms with Crippen LogP contribution in [0.2, 0.25) is 0 Å². The minimum atomic E-state index is -0.0564. The molecular formula is C16H25N3O3. The van der Waals surface area contributed by atoms with E-state index in [4.69, 9.17) is 0 Å². The first-order valence-electron chi connectivity index (χ1n) is 8.04. The third-order valence-electron chi connectivity index (χ3n) is 4.30. The highest BCUT2D eigenvalue weighted by Gasteiger charge is 2.29. The van der Waals surface area contributed by atoms with Gasteiger partial charge in [-0.2, -0.15) is 0 Å². The highest BCUT2D eigenvalue weighted by molar-refractivity contribution is 6.01. The molecule has 6 heteroatoms. The maximum atomic E-state index is 12.2. The van der Waals surface area contributed by atoms with Gasteiger partial charge < -0.3 is 4.90 Å². The number of likely N-dealkylation sites (tertiary alicyclic amines) is 1. The number of piperazine rings is 1. The van der Waals surface area contributed by atoms with Crippen molar-refractivity contribution in [2.45, 2.75) is 33.1 Å². The SMILES string of the molecule is CCC=C(C)C(=O)N1CCN(CCN2C(=O)CCC2=O)CC1. The molecule has 0 aliphatic carbocycles. The lowest BCUT2D eigenvalue weighted by Gasteiger charge is -2.35. The van der Waals surface area contributed by atoms with Gasteiger partial charge >= 0.3 is 0 Å². The Balaban J connectivity index is 1.75. The topological polar surface area (TPSA) is 60.9 Å². The Morgan fingerprint density at radius 2 is 1.64 bits per heavy atom. The summed E-state index contributed by atoms with van der Waals surface area (Å²) in [5.41, 5.74) is 0.809. The predicted molar refractivity (Wildman–Crippen MR) is 83.0 cm³/mol. The van der Waals surface area contributed by atoms with Crippen LogP contribution in [0.5, 0.6) is 0 Å². The summed E-state index contributed by atoms with van der Waals surface area (Å²) < 4.78 is 0. The van der Waals surface area contributed by atoms with Crippen molar-refractivity contribution in [2.24, 2.45) is 0 Å². The minimum absolute atomic E-state index is 0.0564. The number of nitrogens with zero attached hydrogens (tertiary/aromatic N) is 3. The molecule has 0 N–H and O–H groups in total. The average Bonchev–Trinajstić information content (AvgIpc) is 2.84. The van der Waals surface area contributed by atoms with E-state index in [1.807, 2.05) is 24.8 Å². The molecule has 122 valence electrons. The first-order chi connectivity index (χ1) is 10.5. The van der Waals surface area contributed by atoms with Crippen molar-refractivity contribution in [3.63, 3.8) is 0 Å². The van der Waals surface area contributed by atoms with Gasteiger partial charge in [0.2, 0.25) is 17.7 Å². The second-order valence-electron chi connectivity index (χ2n) is 5.87. The van der Waals surface area contributed by atoms with Gasteiger partial charge in [-0.3, -0.25) is 24.2 Å². The molecule has 2 fully saturated rings. The molecular weight excluding hydrogens is 282 g/mol. The summed E-state index contributed by atoms with van der Waals surface area (Å²) in [6.07, 6.45) is 3.53. The van der Waals surface area contributed by atoms with E-state index in [-0.39, 0.29) is 17.7 Å². The Labute approximate surface area is 131 Å². The molecule has 2 aliphatic heterocycles. The molecule has 0 bridgehead atoms. The first kappa shape index (κ1) is 16.7. The number of rotatable bonds is 5. The van der Waals surface area contributed by atoms with E-state index in [0.29, 0.717) is 39.0 Å². The first-order valence-corrected chi connectivity index (χ1v) is 8.04. The lowest BCUT2D eigenvalue weighted by Crippen LogP contribution is -2.50. The summed E-state index contributed by atoms with van der Waals surface area (Å²) in [6.45, 7) is 8.05. The molecule has 0 spiro atoms. The number of hydrogen-bond acceptors (Lipinski definition) is 4. The van der Waals surface area contributed by atoms with Crippen LogP contribution in [0.25, 0.3) is 0 Å². The molecule has 22 heavy (non-hydrogen) atoms. The Hall–Kier alpha value is -1.69. The van der Waals surface area contributed by atoms with Crippen molar-refractivity contribution >= 4 is 17.7 Å². The number of imide groups is 1. The molecule has 3 amide bonds. The Morgan fingerprint density at radius 1 is 1.05 bits per heavy atom. The van der Waals surface area contributed by atoms with Gasteiger partial charge in [-0.15, -0.1) is 0 Å². The third kappa shape index (κ3) is 3.94. The van der Waals surface area contributed by atoms with E-state index in [0.717, 1.165) is 25.1 Å². The van der Waals surface area contributed by atoms with Crippen LogP contribution in [0.4, 0.5) is 0 Å². The average molecular weight is 307 g/mol. The van der Waals surface area contributed by atoms with Gasteiger partial charge in [0, 0.05) is 57.7 Å². The molecule has 0 unspecified atom stereocenters. The van der Waals surface area contributed by atoms with Gasteiger partial charge in [0.25, 0.3) is 0 Å². The smallest absolute Gasteiger partial charge is 0.249 e. The molecule has 0 aromatic heterocycles. The lowest BCUT2D eigenvalue weighted by molar-refractivity contribution is -0.138. The summed E-state index contributed by atoms with van der Waals surface area (Å²) in [6, 6.07) is 0. The number of amides is 3. The number of carbonyl (C=O) groups is 3. The van der Waals surface area contributed by atoms with Crippen LogP contribution in [0.1, 0.15) is 33.1 Å². The van der Waals surface area contributed by atoms with Crippen molar-refractivity contribution in [1.29, 1.82) is 0 Å². The van der Waals surface area contributed by atoms with Gasteiger partial charge in [0.1, 0.15) is 0 Å². The standard InChI is InChI=1S/C16H25N3O3/c1-3-4-13(2)16(22)18-10-7-17(8-11-18)9-12-19-14(20)5-6-15(19)21/h4H,3,5-12H2,1-2H3. The van der Waals surface area contributed by atoms with E-state index < -0.39 is 0 Å². The van der Waals surface area contributed by atoms with Crippen molar-refractivity contribution in [1.82, 2.24) is 14.7 Å². The second-order valence-corrected chi connectivity index (χ2v) is 5.87. The largest absolute Gasteiger partial charge is 0.336 e. The Bertz CT molecular complexity index is 463. The second kappa shape index (κ2) is 7.54. The van der Waals surface area contributed by atoms with Crippen LogP contribution in [-0.4, -0.2) is 71.7 Å². The van der Waals surface area contributed by atoms with Crippen LogP contribution in [0.3, 0.4) is 0 Å². The monoisotopic (exact) mass is 307 g/mol. The fourth-order valence-corrected chi connectivity index (χ4v) is 2.93. The molecule has 2 heterocycles. The van der Waals surface area contributed by atoms with Crippen LogP contribution < -0.4 is 0 Å². The zero-order valence-electron chi connectivity index (χ0n) is 13.5. The summed E-state index contributed by atoms with van der Waals surface area (Å²) in [7, 11) is 0. The van der Waals surface area contributed by atoms with Crippen LogP contribution in [-0.2, 0) is 14.4 Å². The molecule has 2 saturated heterocycles. The maximum Gasteiger partial charge on any atom is 0.249 e. The van der Waals surface area contributed by atoms with Gasteiger partial charge in [0.15, 0.2) is 0 Å². The highest BCUT2D eigenvalue weighted by atomic mass is 16.2. The molecule has 0 aromatic carbocycles. The van der Waals surface area contributed by atoms with Crippen molar-refractivity contribution in [2.75, 3.05) is 39.3 Å². The van der Waals surface area contributed by atoms with E-state index in [1.165, 1.54) is 4.90 Å². The molecule has 2 aliphatic rings. The molecule has 0 aromatic rings. The van der Waals surface area contributed by atoms with Crippen molar-refractivity contribution < 1.29 is 14.4 Å². The lowest BCUT2D eigenvalue weighted by atomic mass is 10.2. The quantitative estimate of drug-likeness (QED) is 0.552. The molecule has 2 rings (SSSR count). The van der Waals surface area contributed by atoms with E-state index in [2.05, 4.69) is 4.90 Å². The van der Waals surface area contributed by atoms with Crippen molar-refractivity contribution in [3.8, 4) is 0 Å². The van der Waals surface area contributed by atoms with Crippen LogP contribution in [0, 0.1) is 0 Å². The molecule has 0 saturated carbocycles. The molecule has 0 atom stereocenters. The zero-order chi connectivity index (χ0) is 16.1. The van der Waals surface area contributed by atoms with Crippen LogP contribution in [0.15, 0.2) is 11.6 Å². The Kier molecular flexibility index (Phi) is 5.71. The van der Waals surface area contributed by atoms with Gasteiger partial charge in [-0.05, 0) is 13.3 Å². The minimum Gasteiger partial charge on any atom is -0.336 e. The fraction of sp³-hybridized carbons (Fsp3) is 0.688. The van der Waals surface area contributed by atoms with Crippen molar-refractivity contribution in [3.05, 3.63) is 11.6 Å². The summed E-state index contributed by atoms with van der Waals surface area (Å²) >= 11 is 0. The van der Waals surface area contributed by atoms with Gasteiger partial charge in [-0.25, -0.2) is 0 Å². The number of carbonyl (C=O) groups excluding carboxylic acids is 3. The summed E-state index contributed by atoms with van der Waals surface area (Å²) in [5, 5.41) is 0. The number of allylic oxidation sites excluding steroid dienone is 1. The molecule has 6 nitrogen and oxygen atoms in total. The zero-order valence-corrected chi connectivity index (χ0v) is 13.5. The molecule has 0 radical (unpaired) electrons. The number of hydrogen-bond donors (Lipinski definition) is 0. The highest BCUT2D eigenvalue weighted by Crippen LogP contribution is 2.12.